The number of anilines is 1. The number of likely N-dealkylation sites (tertiary alicyclic amines) is 1. The first kappa shape index (κ1) is 26.9. The number of halogens is 1. The van der Waals surface area contributed by atoms with E-state index >= 15 is 0 Å². The number of benzene rings is 1. The van der Waals surface area contributed by atoms with Gasteiger partial charge in [-0.05, 0) is 47.8 Å². The minimum atomic E-state index is -0.672. The van der Waals surface area contributed by atoms with E-state index in [1.54, 1.807) is 11.1 Å². The van der Waals surface area contributed by atoms with Gasteiger partial charge in [0.1, 0.15) is 23.0 Å². The van der Waals surface area contributed by atoms with E-state index in [9.17, 15) is 14.7 Å². The van der Waals surface area contributed by atoms with Crippen molar-refractivity contribution < 1.29 is 14.6 Å². The van der Waals surface area contributed by atoms with E-state index in [1.807, 2.05) is 18.2 Å². The maximum Gasteiger partial charge on any atom is 0.354 e. The van der Waals surface area contributed by atoms with Gasteiger partial charge in [-0.25, -0.2) is 14.8 Å². The third kappa shape index (κ3) is 5.41. The van der Waals surface area contributed by atoms with Gasteiger partial charge in [0.25, 0.3) is 0 Å². The summed E-state index contributed by atoms with van der Waals surface area (Å²) in [5.41, 5.74) is 7.72. The average molecular weight is 562 g/mol. The predicted octanol–water partition coefficient (Wildman–Crippen LogP) is 2.84. The van der Waals surface area contributed by atoms with Crippen molar-refractivity contribution in [1.82, 2.24) is 19.8 Å². The van der Waals surface area contributed by atoms with Crippen molar-refractivity contribution >= 4 is 40.6 Å². The minimum absolute atomic E-state index is 0.0535. The van der Waals surface area contributed by atoms with Crippen LogP contribution in [0.1, 0.15) is 18.4 Å². The number of hydrogen-bond donors (Lipinski definition) is 3. The van der Waals surface area contributed by atoms with Gasteiger partial charge in [0.2, 0.25) is 11.9 Å². The standard InChI is InChI=1S/C28H28ClN7O4/c1-3-23(38)35-8-6-16(15-35)13-31-27-32-14-17-10-18(4-5-19(11-17)33-27)24-25(29)21(40-2)12-20(37)26(24)36-9-7-22(30)34-28(36)39/h3-5,7,9-10,12,14,16,37H,1,6,8,11,13,15H2,2H3,(H2,30,34,39)(H,31,32,33)/t16-/m1/s1. The lowest BCUT2D eigenvalue weighted by atomic mass is 9.99. The molecule has 3 heterocycles. The van der Waals surface area contributed by atoms with Gasteiger partial charge in [0.05, 0.1) is 12.1 Å². The molecule has 1 saturated heterocycles. The van der Waals surface area contributed by atoms with Gasteiger partial charge < -0.3 is 25.8 Å². The number of methoxy groups -OCH3 is 1. The molecule has 1 atom stereocenters. The second kappa shape index (κ2) is 11.2. The number of aromatic nitrogens is 2. The SMILES string of the molecule is C=CC(=O)N1CC[C@H](CNC2=NC=C3C=C(c4c(Cl)c(OC)cc(O)c4-n4ccc(N)nc4=O)C=CC(=N2)C3)C1. The Morgan fingerprint density at radius 1 is 1.40 bits per heavy atom. The third-order valence-electron chi connectivity index (χ3n) is 6.86. The number of phenolic OH excluding ortho intramolecular Hbond substituents is 1. The monoisotopic (exact) mass is 561 g/mol. The Morgan fingerprint density at radius 2 is 2.23 bits per heavy atom. The lowest BCUT2D eigenvalue weighted by molar-refractivity contribution is -0.125. The first-order valence-corrected chi connectivity index (χ1v) is 13.0. The van der Waals surface area contributed by atoms with Gasteiger partial charge in [-0.2, -0.15) is 4.98 Å². The number of phenols is 1. The number of nitrogens with one attached hydrogen (secondary N) is 1. The molecule has 2 bridgehead atoms. The fraction of sp³-hybridized carbons (Fsp3) is 0.250. The molecule has 11 nitrogen and oxygen atoms in total. The lowest BCUT2D eigenvalue weighted by Crippen LogP contribution is -2.32. The van der Waals surface area contributed by atoms with Gasteiger partial charge >= 0.3 is 5.69 Å². The Balaban J connectivity index is 1.47. The summed E-state index contributed by atoms with van der Waals surface area (Å²) in [6.07, 6.45) is 11.4. The largest absolute Gasteiger partial charge is 0.506 e. The van der Waals surface area contributed by atoms with Gasteiger partial charge in [-0.1, -0.05) is 24.3 Å². The summed E-state index contributed by atoms with van der Waals surface area (Å²) in [6.45, 7) is 5.57. The number of aliphatic imine (C=N–C) groups is 2. The normalized spacial score (nSPS) is 18.1. The number of carbonyl (C=O) groups is 1. The summed E-state index contributed by atoms with van der Waals surface area (Å²) in [7, 11) is 1.44. The number of guanidine groups is 1. The highest BCUT2D eigenvalue weighted by atomic mass is 35.5. The van der Waals surface area contributed by atoms with Crippen molar-refractivity contribution in [2.45, 2.75) is 12.8 Å². The molecule has 40 heavy (non-hydrogen) atoms. The summed E-state index contributed by atoms with van der Waals surface area (Å²) in [5, 5.41) is 14.5. The zero-order valence-electron chi connectivity index (χ0n) is 21.8. The molecule has 1 aromatic carbocycles. The number of fused-ring (bicyclic) bond motifs is 2. The molecule has 0 radical (unpaired) electrons. The summed E-state index contributed by atoms with van der Waals surface area (Å²) in [4.78, 5) is 39.4. The molecule has 2 aromatic rings. The molecule has 0 unspecified atom stereocenters. The maximum atomic E-state index is 12.7. The summed E-state index contributed by atoms with van der Waals surface area (Å²) >= 11 is 6.76. The molecule has 206 valence electrons. The van der Waals surface area contributed by atoms with Crippen molar-refractivity contribution in [2.24, 2.45) is 15.9 Å². The van der Waals surface area contributed by atoms with Crippen molar-refractivity contribution in [2.75, 3.05) is 32.5 Å². The van der Waals surface area contributed by atoms with E-state index in [2.05, 4.69) is 21.9 Å². The number of nitrogens with two attached hydrogens (primary N) is 1. The Kier molecular flexibility index (Phi) is 7.56. The molecule has 12 heteroatoms. The molecule has 1 aliphatic carbocycles. The molecule has 0 spiro atoms. The highest BCUT2D eigenvalue weighted by Gasteiger charge is 2.26. The van der Waals surface area contributed by atoms with E-state index in [4.69, 9.17) is 27.1 Å². The molecule has 1 aromatic heterocycles. The molecular formula is C28H28ClN7O4. The van der Waals surface area contributed by atoms with E-state index in [1.165, 1.54) is 36.1 Å². The molecule has 2 aliphatic heterocycles. The zero-order chi connectivity index (χ0) is 28.4. The third-order valence-corrected chi connectivity index (χ3v) is 7.24. The number of carbonyl (C=O) groups excluding carboxylic acids is 1. The highest BCUT2D eigenvalue weighted by molar-refractivity contribution is 6.34. The van der Waals surface area contributed by atoms with Crippen molar-refractivity contribution in [3.05, 3.63) is 82.1 Å². The average Bonchev–Trinajstić information content (AvgIpc) is 3.22. The van der Waals surface area contributed by atoms with Gasteiger partial charge in [-0.15, -0.1) is 0 Å². The maximum absolute atomic E-state index is 12.7. The van der Waals surface area contributed by atoms with Crippen LogP contribution in [0, 0.1) is 5.92 Å². The number of aromatic hydroxyl groups is 1. The second-order valence-corrected chi connectivity index (χ2v) is 9.91. The topological polar surface area (TPSA) is 147 Å². The van der Waals surface area contributed by atoms with Crippen molar-refractivity contribution in [1.29, 1.82) is 0 Å². The molecule has 1 fully saturated rings. The van der Waals surface area contributed by atoms with E-state index in [0.717, 1.165) is 17.7 Å². The number of rotatable bonds is 6. The predicted molar refractivity (Wildman–Crippen MR) is 155 cm³/mol. The molecule has 4 N–H and O–H groups in total. The number of amides is 1. The van der Waals surface area contributed by atoms with Crippen LogP contribution in [0.4, 0.5) is 5.82 Å². The second-order valence-electron chi connectivity index (χ2n) is 9.53. The number of hydrogen-bond acceptors (Lipinski definition) is 9. The van der Waals surface area contributed by atoms with Crippen molar-refractivity contribution in [3.8, 4) is 17.2 Å². The summed E-state index contributed by atoms with van der Waals surface area (Å²) < 4.78 is 6.57. The van der Waals surface area contributed by atoms with Crippen LogP contribution in [0.25, 0.3) is 11.3 Å². The number of nitrogen functional groups attached to an aromatic ring is 1. The van der Waals surface area contributed by atoms with E-state index < -0.39 is 5.69 Å². The zero-order valence-corrected chi connectivity index (χ0v) is 22.6. The number of nitrogens with zero attached hydrogens (tertiary/aromatic N) is 5. The van der Waals surface area contributed by atoms with Crippen LogP contribution in [0.5, 0.6) is 11.5 Å². The van der Waals surface area contributed by atoms with Crippen LogP contribution >= 0.6 is 11.6 Å². The molecule has 0 saturated carbocycles. The van der Waals surface area contributed by atoms with Crippen LogP contribution in [-0.4, -0.2) is 63.9 Å². The molecule has 3 aliphatic rings. The summed E-state index contributed by atoms with van der Waals surface area (Å²) in [6, 6.07) is 2.80. The van der Waals surface area contributed by atoms with Crippen LogP contribution in [-0.2, 0) is 4.79 Å². The van der Waals surface area contributed by atoms with Crippen LogP contribution < -0.4 is 21.5 Å². The Morgan fingerprint density at radius 3 is 2.98 bits per heavy atom. The lowest BCUT2D eigenvalue weighted by Gasteiger charge is -2.18. The Hall–Kier alpha value is -4.64. The summed E-state index contributed by atoms with van der Waals surface area (Å²) in [5.74, 6) is 0.796. The number of ether oxygens (including phenoxy) is 1. The van der Waals surface area contributed by atoms with E-state index in [-0.39, 0.29) is 33.9 Å². The first-order valence-electron chi connectivity index (χ1n) is 12.6. The Labute approximate surface area is 235 Å². The molecular weight excluding hydrogens is 534 g/mol. The highest BCUT2D eigenvalue weighted by Crippen LogP contribution is 2.43. The van der Waals surface area contributed by atoms with Crippen LogP contribution in [0.3, 0.4) is 0 Å². The van der Waals surface area contributed by atoms with Gasteiger partial charge in [-0.3, -0.25) is 9.36 Å². The minimum Gasteiger partial charge on any atom is -0.506 e. The van der Waals surface area contributed by atoms with Gasteiger partial charge in [0, 0.05) is 55.8 Å². The molecule has 5 rings (SSSR count). The quantitative estimate of drug-likeness (QED) is 0.459. The number of allylic oxidation sites excluding steroid dienone is 5. The van der Waals surface area contributed by atoms with Crippen molar-refractivity contribution in [3.63, 3.8) is 0 Å². The smallest absolute Gasteiger partial charge is 0.354 e. The first-order chi connectivity index (χ1) is 19.3. The van der Waals surface area contributed by atoms with Gasteiger partial charge in [0.15, 0.2) is 0 Å². The molecule has 1 amide bonds. The Bertz CT molecular complexity index is 1600. The van der Waals surface area contributed by atoms with E-state index in [0.29, 0.717) is 49.1 Å². The fourth-order valence-corrected chi connectivity index (χ4v) is 5.21. The van der Waals surface area contributed by atoms with Crippen LogP contribution in [0.2, 0.25) is 5.02 Å². The van der Waals surface area contributed by atoms with Crippen LogP contribution in [0.15, 0.2) is 75.8 Å². The fourth-order valence-electron chi connectivity index (χ4n) is 4.88.